The number of nitrogens with one attached hydrogen (secondary N) is 2. The topological polar surface area (TPSA) is 58.2 Å². The van der Waals surface area contributed by atoms with Gasteiger partial charge in [-0.2, -0.15) is 0 Å². The SMILES string of the molecule is CC(CC1=CNC2=CC=CCC12)NS(=O)(=O)c1ccc(Cl)cc1. The van der Waals surface area contributed by atoms with E-state index in [2.05, 4.69) is 22.2 Å². The Morgan fingerprint density at radius 2 is 2.09 bits per heavy atom. The van der Waals surface area contributed by atoms with Gasteiger partial charge in [-0.15, -0.1) is 0 Å². The molecule has 1 heterocycles. The minimum absolute atomic E-state index is 0.186. The van der Waals surface area contributed by atoms with Crippen LogP contribution in [0.1, 0.15) is 19.8 Å². The van der Waals surface area contributed by atoms with Crippen LogP contribution in [0.5, 0.6) is 0 Å². The van der Waals surface area contributed by atoms with E-state index in [4.69, 9.17) is 11.6 Å². The summed E-state index contributed by atoms with van der Waals surface area (Å²) in [5.41, 5.74) is 2.42. The van der Waals surface area contributed by atoms with Gasteiger partial charge in [0.1, 0.15) is 0 Å². The van der Waals surface area contributed by atoms with E-state index in [1.807, 2.05) is 19.2 Å². The van der Waals surface area contributed by atoms with Crippen molar-refractivity contribution in [2.45, 2.75) is 30.7 Å². The fourth-order valence-electron chi connectivity index (χ4n) is 2.95. The maximum absolute atomic E-state index is 12.4. The van der Waals surface area contributed by atoms with Crippen molar-refractivity contribution in [1.29, 1.82) is 0 Å². The molecule has 1 aromatic carbocycles. The first kappa shape index (κ1) is 16.3. The number of hydrogen-bond donors (Lipinski definition) is 2. The molecule has 2 unspecified atom stereocenters. The van der Waals surface area contributed by atoms with Crippen LogP contribution >= 0.6 is 11.6 Å². The molecule has 0 saturated heterocycles. The molecule has 4 nitrogen and oxygen atoms in total. The normalized spacial score (nSPS) is 21.2. The van der Waals surface area contributed by atoms with Crippen LogP contribution in [0, 0.1) is 5.92 Å². The van der Waals surface area contributed by atoms with Crippen molar-refractivity contribution in [3.63, 3.8) is 0 Å². The average molecular weight is 351 g/mol. The van der Waals surface area contributed by atoms with E-state index >= 15 is 0 Å². The van der Waals surface area contributed by atoms with Crippen molar-refractivity contribution in [2.75, 3.05) is 0 Å². The molecule has 0 spiro atoms. The smallest absolute Gasteiger partial charge is 0.240 e. The number of allylic oxidation sites excluding steroid dienone is 4. The van der Waals surface area contributed by atoms with Crippen LogP contribution in [0.2, 0.25) is 5.02 Å². The van der Waals surface area contributed by atoms with E-state index in [1.165, 1.54) is 23.4 Å². The number of benzene rings is 1. The van der Waals surface area contributed by atoms with Crippen molar-refractivity contribution < 1.29 is 8.42 Å². The molecule has 0 fully saturated rings. The average Bonchev–Trinajstić information content (AvgIpc) is 2.90. The summed E-state index contributed by atoms with van der Waals surface area (Å²) in [6.45, 7) is 1.88. The zero-order valence-electron chi connectivity index (χ0n) is 12.8. The summed E-state index contributed by atoms with van der Waals surface area (Å²) in [6, 6.07) is 6.00. The van der Waals surface area contributed by atoms with Gasteiger partial charge in [-0.25, -0.2) is 13.1 Å². The van der Waals surface area contributed by atoms with Crippen molar-refractivity contribution >= 4 is 21.6 Å². The van der Waals surface area contributed by atoms with Crippen LogP contribution in [0.25, 0.3) is 0 Å². The Morgan fingerprint density at radius 3 is 2.83 bits per heavy atom. The Hall–Kier alpha value is -1.56. The van der Waals surface area contributed by atoms with Crippen LogP contribution in [0.3, 0.4) is 0 Å². The van der Waals surface area contributed by atoms with E-state index in [0.29, 0.717) is 17.4 Å². The maximum atomic E-state index is 12.4. The molecule has 6 heteroatoms. The van der Waals surface area contributed by atoms with Gasteiger partial charge in [0.25, 0.3) is 0 Å². The van der Waals surface area contributed by atoms with Crippen molar-refractivity contribution in [3.8, 4) is 0 Å². The van der Waals surface area contributed by atoms with E-state index in [1.54, 1.807) is 12.1 Å². The standard InChI is InChI=1S/C17H19ClN2O2S/c1-12(10-13-11-19-17-5-3-2-4-16(13)17)20-23(21,22)15-8-6-14(18)7-9-15/h2-3,5-9,11-12,16,19-20H,4,10H2,1H3. The third-order valence-corrected chi connectivity index (χ3v) is 5.91. The number of fused-ring (bicyclic) bond motifs is 1. The van der Waals surface area contributed by atoms with Gasteiger partial charge >= 0.3 is 0 Å². The van der Waals surface area contributed by atoms with E-state index < -0.39 is 10.0 Å². The summed E-state index contributed by atoms with van der Waals surface area (Å²) in [4.78, 5) is 0.230. The Bertz CT molecular complexity index is 779. The molecule has 2 aliphatic rings. The largest absolute Gasteiger partial charge is 0.365 e. The number of halogens is 1. The quantitative estimate of drug-likeness (QED) is 0.856. The summed E-state index contributed by atoms with van der Waals surface area (Å²) in [7, 11) is -3.53. The van der Waals surface area contributed by atoms with Crippen LogP contribution in [-0.4, -0.2) is 14.5 Å². The highest BCUT2D eigenvalue weighted by molar-refractivity contribution is 7.89. The van der Waals surface area contributed by atoms with Gasteiger partial charge in [0.2, 0.25) is 10.0 Å². The first-order valence-electron chi connectivity index (χ1n) is 7.56. The van der Waals surface area contributed by atoms with Crippen LogP contribution in [-0.2, 0) is 10.0 Å². The van der Waals surface area contributed by atoms with Gasteiger partial charge < -0.3 is 5.32 Å². The highest BCUT2D eigenvalue weighted by atomic mass is 35.5. The highest BCUT2D eigenvalue weighted by Gasteiger charge is 2.27. The second kappa shape index (κ2) is 6.51. The van der Waals surface area contributed by atoms with Gasteiger partial charge in [0.15, 0.2) is 0 Å². The number of hydrogen-bond acceptors (Lipinski definition) is 3. The summed E-state index contributed by atoms with van der Waals surface area (Å²) in [5.74, 6) is 0.350. The third kappa shape index (κ3) is 3.68. The lowest BCUT2D eigenvalue weighted by molar-refractivity contribution is 0.550. The molecule has 0 radical (unpaired) electrons. The summed E-state index contributed by atoms with van der Waals surface area (Å²) in [5, 5.41) is 3.79. The van der Waals surface area contributed by atoms with Crippen LogP contribution in [0.4, 0.5) is 0 Å². The van der Waals surface area contributed by atoms with Gasteiger partial charge in [0.05, 0.1) is 4.90 Å². The maximum Gasteiger partial charge on any atom is 0.240 e. The molecule has 0 amide bonds. The molecule has 1 aliphatic carbocycles. The van der Waals surface area contributed by atoms with Crippen molar-refractivity contribution in [3.05, 3.63) is 65.0 Å². The lowest BCUT2D eigenvalue weighted by Gasteiger charge is -2.20. The van der Waals surface area contributed by atoms with E-state index in [0.717, 1.165) is 6.42 Å². The molecule has 1 aliphatic heterocycles. The van der Waals surface area contributed by atoms with Gasteiger partial charge in [-0.1, -0.05) is 23.8 Å². The van der Waals surface area contributed by atoms with Gasteiger partial charge in [0, 0.05) is 28.9 Å². The van der Waals surface area contributed by atoms with Crippen molar-refractivity contribution in [1.82, 2.24) is 10.0 Å². The molecule has 0 aromatic heterocycles. The summed E-state index contributed by atoms with van der Waals surface area (Å²) < 4.78 is 27.5. The molecule has 23 heavy (non-hydrogen) atoms. The second-order valence-electron chi connectivity index (χ2n) is 5.88. The molecular formula is C17H19ClN2O2S. The molecule has 122 valence electrons. The van der Waals surface area contributed by atoms with E-state index in [9.17, 15) is 8.42 Å². The van der Waals surface area contributed by atoms with E-state index in [-0.39, 0.29) is 10.9 Å². The number of sulfonamides is 1. The first-order chi connectivity index (χ1) is 11.0. The Labute approximate surface area is 142 Å². The molecule has 2 atom stereocenters. The Balaban J connectivity index is 1.65. The predicted molar refractivity (Wildman–Crippen MR) is 92.4 cm³/mol. The molecular weight excluding hydrogens is 332 g/mol. The molecule has 2 N–H and O–H groups in total. The lowest BCUT2D eigenvalue weighted by Crippen LogP contribution is -2.33. The molecule has 3 rings (SSSR count). The zero-order valence-corrected chi connectivity index (χ0v) is 14.4. The molecule has 0 saturated carbocycles. The number of rotatable bonds is 5. The zero-order chi connectivity index (χ0) is 16.4. The third-order valence-electron chi connectivity index (χ3n) is 4.05. The molecule has 0 bridgehead atoms. The van der Waals surface area contributed by atoms with Gasteiger partial charge in [-0.05, 0) is 55.7 Å². The Morgan fingerprint density at radius 1 is 1.35 bits per heavy atom. The fourth-order valence-corrected chi connectivity index (χ4v) is 4.32. The minimum Gasteiger partial charge on any atom is -0.365 e. The second-order valence-corrected chi connectivity index (χ2v) is 8.03. The summed E-state index contributed by atoms with van der Waals surface area (Å²) >= 11 is 5.81. The Kier molecular flexibility index (Phi) is 4.62. The lowest BCUT2D eigenvalue weighted by atomic mass is 9.89. The first-order valence-corrected chi connectivity index (χ1v) is 9.42. The predicted octanol–water partition coefficient (Wildman–Crippen LogP) is 3.34. The fraction of sp³-hybridized carbons (Fsp3) is 0.294. The molecule has 1 aromatic rings. The minimum atomic E-state index is -3.53. The van der Waals surface area contributed by atoms with Crippen LogP contribution in [0.15, 0.2) is 64.9 Å². The van der Waals surface area contributed by atoms with Gasteiger partial charge in [-0.3, -0.25) is 0 Å². The monoisotopic (exact) mass is 350 g/mol. The van der Waals surface area contributed by atoms with Crippen LogP contribution < -0.4 is 10.0 Å². The highest BCUT2D eigenvalue weighted by Crippen LogP contribution is 2.33. The van der Waals surface area contributed by atoms with Crippen molar-refractivity contribution in [2.24, 2.45) is 5.92 Å². The summed E-state index contributed by atoms with van der Waals surface area (Å²) in [6.07, 6.45) is 9.88.